The second kappa shape index (κ2) is 9.94. The van der Waals surface area contributed by atoms with Crippen LogP contribution in [0.1, 0.15) is 54.7 Å². The van der Waals surface area contributed by atoms with Gasteiger partial charge in [0.1, 0.15) is 11.4 Å². The molecular formula is C28H31FN2O3. The lowest BCUT2D eigenvalue weighted by atomic mass is 9.84. The first-order chi connectivity index (χ1) is 16.3. The Kier molecular flexibility index (Phi) is 6.98. The number of aromatic nitrogens is 1. The molecule has 1 aliphatic heterocycles. The second-order valence-corrected chi connectivity index (χ2v) is 9.08. The van der Waals surface area contributed by atoms with Crippen LogP contribution in [-0.2, 0) is 10.3 Å². The first-order valence-corrected chi connectivity index (χ1v) is 11.7. The largest absolute Gasteiger partial charge is 0.438 e. The zero-order valence-electron chi connectivity index (χ0n) is 19.9. The van der Waals surface area contributed by atoms with Gasteiger partial charge in [-0.15, -0.1) is 0 Å². The summed E-state index contributed by atoms with van der Waals surface area (Å²) in [6, 6.07) is 18.3. The van der Waals surface area contributed by atoms with E-state index in [-0.39, 0.29) is 18.5 Å². The fraction of sp³-hybridized carbons (Fsp3) is 0.357. The summed E-state index contributed by atoms with van der Waals surface area (Å²) in [7, 11) is 0. The van der Waals surface area contributed by atoms with Gasteiger partial charge < -0.3 is 14.7 Å². The Morgan fingerprint density at radius 2 is 1.71 bits per heavy atom. The van der Waals surface area contributed by atoms with E-state index in [0.29, 0.717) is 25.8 Å². The van der Waals surface area contributed by atoms with Crippen LogP contribution in [0.3, 0.4) is 0 Å². The van der Waals surface area contributed by atoms with Gasteiger partial charge in [0.2, 0.25) is 0 Å². The van der Waals surface area contributed by atoms with Gasteiger partial charge in [-0.1, -0.05) is 36.4 Å². The Morgan fingerprint density at radius 3 is 2.29 bits per heavy atom. The molecule has 178 valence electrons. The summed E-state index contributed by atoms with van der Waals surface area (Å²) in [6.07, 6.45) is 1.16. The maximum Gasteiger partial charge on any atom is 0.411 e. The average molecular weight is 463 g/mol. The molecule has 0 spiro atoms. The number of amides is 1. The first-order valence-electron chi connectivity index (χ1n) is 11.7. The molecule has 0 radical (unpaired) electrons. The minimum absolute atomic E-state index is 0.00346. The molecule has 1 fully saturated rings. The molecule has 0 aliphatic carbocycles. The number of hydrogen-bond donors (Lipinski definition) is 1. The third kappa shape index (κ3) is 4.97. The Hall–Kier alpha value is -3.25. The van der Waals surface area contributed by atoms with Gasteiger partial charge in [0.05, 0.1) is 6.04 Å². The van der Waals surface area contributed by atoms with Crippen LogP contribution < -0.4 is 0 Å². The van der Waals surface area contributed by atoms with Gasteiger partial charge in [-0.05, 0) is 80.1 Å². The summed E-state index contributed by atoms with van der Waals surface area (Å²) in [6.45, 7) is 6.48. The molecule has 1 aliphatic rings. The molecule has 1 N–H and O–H groups in total. The molecule has 1 saturated heterocycles. The van der Waals surface area contributed by atoms with E-state index in [0.717, 1.165) is 33.6 Å². The number of cyclic esters (lactones) is 1. The molecule has 2 aromatic carbocycles. The fourth-order valence-corrected chi connectivity index (χ4v) is 4.80. The molecule has 0 bridgehead atoms. The van der Waals surface area contributed by atoms with Gasteiger partial charge in [0, 0.05) is 31.0 Å². The average Bonchev–Trinajstić information content (AvgIpc) is 2.82. The van der Waals surface area contributed by atoms with Crippen LogP contribution in [0.2, 0.25) is 0 Å². The quantitative estimate of drug-likeness (QED) is 0.462. The Labute approximate surface area is 200 Å². The molecule has 2 heterocycles. The minimum atomic E-state index is -0.856. The lowest BCUT2D eigenvalue weighted by molar-refractivity contribution is -0.0680. The highest BCUT2D eigenvalue weighted by Gasteiger charge is 2.43. The van der Waals surface area contributed by atoms with Crippen molar-refractivity contribution in [3.8, 4) is 11.1 Å². The van der Waals surface area contributed by atoms with E-state index in [4.69, 9.17) is 4.74 Å². The zero-order valence-corrected chi connectivity index (χ0v) is 19.9. The molecule has 3 aromatic rings. The van der Waals surface area contributed by atoms with Crippen LogP contribution >= 0.6 is 0 Å². The summed E-state index contributed by atoms with van der Waals surface area (Å²) in [5.74, 6) is -0.334. The van der Waals surface area contributed by atoms with E-state index in [2.05, 4.69) is 29.2 Å². The molecule has 1 aromatic heterocycles. The number of aliphatic hydroxyl groups is 1. The molecule has 1 amide bonds. The number of aryl methyl sites for hydroxylation is 2. The predicted molar refractivity (Wildman–Crippen MR) is 130 cm³/mol. The van der Waals surface area contributed by atoms with Crippen molar-refractivity contribution in [2.24, 2.45) is 0 Å². The van der Waals surface area contributed by atoms with Gasteiger partial charge in [0.15, 0.2) is 0 Å². The van der Waals surface area contributed by atoms with E-state index < -0.39 is 11.7 Å². The van der Waals surface area contributed by atoms with Gasteiger partial charge >= 0.3 is 6.09 Å². The van der Waals surface area contributed by atoms with Crippen LogP contribution in [0, 0.1) is 19.7 Å². The summed E-state index contributed by atoms with van der Waals surface area (Å²) in [4.78, 5) is 19.3. The number of pyridine rings is 1. The van der Waals surface area contributed by atoms with Crippen molar-refractivity contribution in [1.29, 1.82) is 0 Å². The van der Waals surface area contributed by atoms with E-state index in [1.54, 1.807) is 17.0 Å². The smallest absolute Gasteiger partial charge is 0.411 e. The maximum absolute atomic E-state index is 13.5. The Morgan fingerprint density at radius 1 is 1.06 bits per heavy atom. The van der Waals surface area contributed by atoms with E-state index in [9.17, 15) is 14.3 Å². The normalized spacial score (nSPS) is 19.1. The van der Waals surface area contributed by atoms with Crippen molar-refractivity contribution in [3.63, 3.8) is 0 Å². The molecule has 4 rings (SSSR count). The third-order valence-corrected chi connectivity index (χ3v) is 6.66. The number of halogens is 1. The standard InChI is InChI=1S/C28H31FN2O3/c1-19-17-24(18-20(2)30-19)23-7-5-22(6-8-23)21(3)31-15-14-28(13-4-16-32,34-27(31)33)25-9-11-26(29)12-10-25/h5-12,17-18,21,32H,4,13-16H2,1-3H3. The van der Waals surface area contributed by atoms with Crippen LogP contribution in [-0.4, -0.2) is 34.2 Å². The number of hydrogen-bond acceptors (Lipinski definition) is 4. The minimum Gasteiger partial charge on any atom is -0.438 e. The van der Waals surface area contributed by atoms with Crippen molar-refractivity contribution < 1.29 is 19.0 Å². The molecule has 2 atom stereocenters. The summed E-state index contributed by atoms with van der Waals surface area (Å²) in [5, 5.41) is 9.38. The predicted octanol–water partition coefficient (Wildman–Crippen LogP) is 6.08. The molecular weight excluding hydrogens is 431 g/mol. The SMILES string of the molecule is Cc1cc(-c2ccc(C(C)N3CCC(CCCO)(c4ccc(F)cc4)OC3=O)cc2)cc(C)n1. The van der Waals surface area contributed by atoms with Gasteiger partial charge in [-0.2, -0.15) is 0 Å². The number of rotatable bonds is 7. The topological polar surface area (TPSA) is 62.7 Å². The van der Waals surface area contributed by atoms with Crippen molar-refractivity contribution in [3.05, 3.63) is 89.0 Å². The zero-order chi connectivity index (χ0) is 24.3. The highest BCUT2D eigenvalue weighted by molar-refractivity contribution is 5.70. The number of benzene rings is 2. The second-order valence-electron chi connectivity index (χ2n) is 9.08. The van der Waals surface area contributed by atoms with Crippen LogP contribution in [0.5, 0.6) is 0 Å². The van der Waals surface area contributed by atoms with E-state index in [1.165, 1.54) is 12.1 Å². The molecule has 2 unspecified atom stereocenters. The number of carbonyl (C=O) groups excluding carboxylic acids is 1. The Balaban J connectivity index is 1.52. The number of aliphatic hydroxyl groups excluding tert-OH is 1. The molecule has 0 saturated carbocycles. The van der Waals surface area contributed by atoms with Crippen LogP contribution in [0.4, 0.5) is 9.18 Å². The number of ether oxygens (including phenoxy) is 1. The van der Waals surface area contributed by atoms with Gasteiger partial charge in [0.25, 0.3) is 0 Å². The van der Waals surface area contributed by atoms with Crippen molar-refractivity contribution >= 4 is 6.09 Å². The number of carbonyl (C=O) groups is 1. The molecule has 6 heteroatoms. The molecule has 5 nitrogen and oxygen atoms in total. The summed E-state index contributed by atoms with van der Waals surface area (Å²) in [5.41, 5.74) is 5.11. The number of nitrogens with zero attached hydrogens (tertiary/aromatic N) is 2. The fourth-order valence-electron chi connectivity index (χ4n) is 4.80. The lowest BCUT2D eigenvalue weighted by Gasteiger charge is -2.43. The van der Waals surface area contributed by atoms with Crippen LogP contribution in [0.15, 0.2) is 60.7 Å². The monoisotopic (exact) mass is 462 g/mol. The first kappa shape index (κ1) is 23.9. The third-order valence-electron chi connectivity index (χ3n) is 6.66. The van der Waals surface area contributed by atoms with Crippen molar-refractivity contribution in [2.75, 3.05) is 13.2 Å². The summed E-state index contributed by atoms with van der Waals surface area (Å²) >= 11 is 0. The highest BCUT2D eigenvalue weighted by atomic mass is 19.1. The van der Waals surface area contributed by atoms with Crippen molar-refractivity contribution in [2.45, 2.75) is 51.7 Å². The van der Waals surface area contributed by atoms with Crippen molar-refractivity contribution in [1.82, 2.24) is 9.88 Å². The molecule has 34 heavy (non-hydrogen) atoms. The van der Waals surface area contributed by atoms with Crippen LogP contribution in [0.25, 0.3) is 11.1 Å². The van der Waals surface area contributed by atoms with Gasteiger partial charge in [-0.25, -0.2) is 9.18 Å². The highest BCUT2D eigenvalue weighted by Crippen LogP contribution is 2.40. The van der Waals surface area contributed by atoms with Gasteiger partial charge in [-0.3, -0.25) is 4.98 Å². The maximum atomic E-state index is 13.5. The summed E-state index contributed by atoms with van der Waals surface area (Å²) < 4.78 is 19.5. The van der Waals surface area contributed by atoms with E-state index in [1.807, 2.05) is 32.9 Å². The van der Waals surface area contributed by atoms with E-state index >= 15 is 0 Å². The Bertz CT molecular complexity index is 1130. The lowest BCUT2D eigenvalue weighted by Crippen LogP contribution is -2.48.